The maximum atomic E-state index is 12.8. The summed E-state index contributed by atoms with van der Waals surface area (Å²) in [6, 6.07) is 1.74. The van der Waals surface area contributed by atoms with E-state index in [9.17, 15) is 9.90 Å². The topological polar surface area (TPSA) is 61.8 Å². The van der Waals surface area contributed by atoms with Crippen LogP contribution in [0.5, 0.6) is 5.75 Å². The highest BCUT2D eigenvalue weighted by molar-refractivity contribution is 6.32. The van der Waals surface area contributed by atoms with Gasteiger partial charge in [0.2, 0.25) is 0 Å². The van der Waals surface area contributed by atoms with Gasteiger partial charge in [-0.2, -0.15) is 0 Å². The lowest BCUT2D eigenvalue weighted by molar-refractivity contribution is 0.0245. The quantitative estimate of drug-likeness (QED) is 0.805. The van der Waals surface area contributed by atoms with Crippen molar-refractivity contribution in [3.05, 3.63) is 27.8 Å². The van der Waals surface area contributed by atoms with Crippen LogP contribution in [0.15, 0.2) is 6.07 Å². The molecule has 0 radical (unpaired) electrons. The molecule has 0 spiro atoms. The summed E-state index contributed by atoms with van der Waals surface area (Å²) < 4.78 is 5.81. The number of nitrogens with zero attached hydrogens (tertiary/aromatic N) is 1. The SMILES string of the molecule is Cc1c(Cl)cc(C(=O)NCC2CCN(CC(C)(C)O)CC2)c2c1CCCO2. The van der Waals surface area contributed by atoms with Gasteiger partial charge in [-0.25, -0.2) is 0 Å². The third-order valence-corrected chi connectivity index (χ3v) is 5.92. The highest BCUT2D eigenvalue weighted by atomic mass is 35.5. The van der Waals surface area contributed by atoms with Crippen molar-refractivity contribution < 1.29 is 14.6 Å². The average Bonchev–Trinajstić information content (AvgIpc) is 2.62. The van der Waals surface area contributed by atoms with Gasteiger partial charge in [-0.05, 0) is 82.7 Å². The van der Waals surface area contributed by atoms with Crippen LogP contribution in [-0.2, 0) is 6.42 Å². The molecule has 5 nitrogen and oxygen atoms in total. The molecule has 1 fully saturated rings. The van der Waals surface area contributed by atoms with Crippen molar-refractivity contribution in [2.24, 2.45) is 5.92 Å². The average molecular weight is 395 g/mol. The van der Waals surface area contributed by atoms with Gasteiger partial charge in [-0.1, -0.05) is 11.6 Å². The first kappa shape index (κ1) is 20.4. The van der Waals surface area contributed by atoms with Gasteiger partial charge in [0.05, 0.1) is 17.8 Å². The van der Waals surface area contributed by atoms with Gasteiger partial charge in [0, 0.05) is 18.1 Å². The Morgan fingerprint density at radius 1 is 1.41 bits per heavy atom. The molecule has 1 aromatic rings. The van der Waals surface area contributed by atoms with Gasteiger partial charge in [0.1, 0.15) is 5.75 Å². The Hall–Kier alpha value is -1.30. The van der Waals surface area contributed by atoms with E-state index < -0.39 is 5.60 Å². The van der Waals surface area contributed by atoms with Crippen LogP contribution in [0.25, 0.3) is 0 Å². The van der Waals surface area contributed by atoms with Crippen LogP contribution < -0.4 is 10.1 Å². The molecule has 0 unspecified atom stereocenters. The molecule has 2 N–H and O–H groups in total. The van der Waals surface area contributed by atoms with Crippen molar-refractivity contribution in [1.29, 1.82) is 0 Å². The first-order valence-corrected chi connectivity index (χ1v) is 10.3. The summed E-state index contributed by atoms with van der Waals surface area (Å²) >= 11 is 6.35. The van der Waals surface area contributed by atoms with Crippen LogP contribution in [0, 0.1) is 12.8 Å². The van der Waals surface area contributed by atoms with E-state index in [4.69, 9.17) is 16.3 Å². The number of fused-ring (bicyclic) bond motifs is 1. The first-order chi connectivity index (χ1) is 12.7. The number of nitrogens with one attached hydrogen (secondary N) is 1. The molecule has 6 heteroatoms. The Morgan fingerprint density at radius 2 is 2.11 bits per heavy atom. The molecule has 2 aliphatic heterocycles. The number of benzene rings is 1. The normalized spacial score (nSPS) is 18.7. The summed E-state index contributed by atoms with van der Waals surface area (Å²) in [5.41, 5.74) is 1.98. The maximum Gasteiger partial charge on any atom is 0.255 e. The van der Waals surface area contributed by atoms with Gasteiger partial charge in [0.25, 0.3) is 5.91 Å². The number of β-amino-alcohol motifs (C(OH)–C–C–N with tert-alkyl or cyclic N) is 1. The molecule has 3 rings (SSSR count). The van der Waals surface area contributed by atoms with E-state index in [1.165, 1.54) is 0 Å². The number of rotatable bonds is 5. The van der Waals surface area contributed by atoms with Crippen molar-refractivity contribution in [3.63, 3.8) is 0 Å². The molecule has 0 saturated carbocycles. The fraction of sp³-hybridized carbons (Fsp3) is 0.667. The minimum atomic E-state index is -0.662. The molecule has 2 aliphatic rings. The molecule has 2 heterocycles. The van der Waals surface area contributed by atoms with Gasteiger partial charge < -0.3 is 20.1 Å². The zero-order valence-corrected chi connectivity index (χ0v) is 17.4. The Kier molecular flexibility index (Phi) is 6.34. The van der Waals surface area contributed by atoms with Crippen LogP contribution in [-0.4, -0.2) is 54.3 Å². The molecule has 0 aromatic heterocycles. The van der Waals surface area contributed by atoms with Crippen LogP contribution in [0.4, 0.5) is 0 Å². The van der Waals surface area contributed by atoms with E-state index in [0.29, 0.717) is 41.9 Å². The number of halogens is 1. The smallest absolute Gasteiger partial charge is 0.255 e. The molecule has 1 aromatic carbocycles. The van der Waals surface area contributed by atoms with Crippen LogP contribution in [0.2, 0.25) is 5.02 Å². The molecule has 0 atom stereocenters. The Bertz CT molecular complexity index is 692. The van der Waals surface area contributed by atoms with Crippen LogP contribution in [0.3, 0.4) is 0 Å². The third-order valence-electron chi connectivity index (χ3n) is 5.53. The van der Waals surface area contributed by atoms with Crippen LogP contribution in [0.1, 0.15) is 54.6 Å². The molecule has 0 bridgehead atoms. The molecule has 1 saturated heterocycles. The zero-order chi connectivity index (χ0) is 19.6. The standard InChI is InChI=1S/C21H31ClN2O3/c1-14-16-5-4-10-27-19(16)17(11-18(14)22)20(25)23-12-15-6-8-24(9-7-15)13-21(2,3)26/h11,15,26H,4-10,12-13H2,1-3H3,(H,23,25). The number of hydrogen-bond acceptors (Lipinski definition) is 4. The second kappa shape index (κ2) is 8.38. The van der Waals surface area contributed by atoms with Gasteiger partial charge in [-0.3, -0.25) is 4.79 Å². The van der Waals surface area contributed by atoms with Crippen molar-refractivity contribution in [2.45, 2.75) is 52.1 Å². The number of aliphatic hydroxyl groups is 1. The first-order valence-electron chi connectivity index (χ1n) is 9.92. The van der Waals surface area contributed by atoms with Crippen molar-refractivity contribution in [2.75, 3.05) is 32.8 Å². The van der Waals surface area contributed by atoms with Gasteiger partial charge >= 0.3 is 0 Å². The summed E-state index contributed by atoms with van der Waals surface area (Å²) in [7, 11) is 0. The number of carbonyl (C=O) groups excluding carboxylic acids is 1. The molecule has 0 aliphatic carbocycles. The second-order valence-electron chi connectivity index (χ2n) is 8.53. The maximum absolute atomic E-state index is 12.8. The predicted molar refractivity (Wildman–Crippen MR) is 108 cm³/mol. The fourth-order valence-corrected chi connectivity index (χ4v) is 4.29. The van der Waals surface area contributed by atoms with E-state index in [0.717, 1.165) is 49.9 Å². The Balaban J connectivity index is 1.57. The summed E-state index contributed by atoms with van der Waals surface area (Å²) in [5, 5.41) is 13.7. The molecular weight excluding hydrogens is 364 g/mol. The largest absolute Gasteiger partial charge is 0.492 e. The fourth-order valence-electron chi connectivity index (χ4n) is 4.06. The second-order valence-corrected chi connectivity index (χ2v) is 8.94. The highest BCUT2D eigenvalue weighted by Gasteiger charge is 2.26. The minimum absolute atomic E-state index is 0.103. The number of ether oxygens (including phenoxy) is 1. The summed E-state index contributed by atoms with van der Waals surface area (Å²) in [6.45, 7) is 9.59. The molecule has 27 heavy (non-hydrogen) atoms. The van der Waals surface area contributed by atoms with Gasteiger partial charge in [0.15, 0.2) is 0 Å². The van der Waals surface area contributed by atoms with E-state index >= 15 is 0 Å². The van der Waals surface area contributed by atoms with Crippen molar-refractivity contribution in [3.8, 4) is 5.75 Å². The van der Waals surface area contributed by atoms with E-state index in [1.54, 1.807) is 6.07 Å². The van der Waals surface area contributed by atoms with E-state index in [1.807, 2.05) is 20.8 Å². The van der Waals surface area contributed by atoms with Gasteiger partial charge in [-0.15, -0.1) is 0 Å². The monoisotopic (exact) mass is 394 g/mol. The van der Waals surface area contributed by atoms with Crippen molar-refractivity contribution >= 4 is 17.5 Å². The third kappa shape index (κ3) is 5.15. The number of hydrogen-bond donors (Lipinski definition) is 2. The summed E-state index contributed by atoms with van der Waals surface area (Å²) in [6.07, 6.45) is 3.92. The lowest BCUT2D eigenvalue weighted by Gasteiger charge is -2.35. The molecule has 150 valence electrons. The summed E-state index contributed by atoms with van der Waals surface area (Å²) in [4.78, 5) is 15.1. The number of piperidine rings is 1. The minimum Gasteiger partial charge on any atom is -0.492 e. The Labute approximate surface area is 167 Å². The predicted octanol–water partition coefficient (Wildman–Crippen LogP) is 3.19. The number of amides is 1. The summed E-state index contributed by atoms with van der Waals surface area (Å²) in [5.74, 6) is 1.07. The molecular formula is C21H31ClN2O3. The Morgan fingerprint density at radius 3 is 2.78 bits per heavy atom. The van der Waals surface area contributed by atoms with E-state index in [-0.39, 0.29) is 5.91 Å². The van der Waals surface area contributed by atoms with E-state index in [2.05, 4.69) is 10.2 Å². The lowest BCUT2D eigenvalue weighted by Crippen LogP contribution is -2.44. The van der Waals surface area contributed by atoms with Crippen molar-refractivity contribution in [1.82, 2.24) is 10.2 Å². The lowest BCUT2D eigenvalue weighted by atomic mass is 9.95. The number of carbonyl (C=O) groups is 1. The van der Waals surface area contributed by atoms with Crippen LogP contribution >= 0.6 is 11.6 Å². The number of likely N-dealkylation sites (tertiary alicyclic amines) is 1. The zero-order valence-electron chi connectivity index (χ0n) is 16.6. The highest BCUT2D eigenvalue weighted by Crippen LogP contribution is 2.36. The molecule has 1 amide bonds.